The molecule has 1 aromatic rings. The van der Waals surface area contributed by atoms with Gasteiger partial charge in [0, 0.05) is 62.3 Å². The van der Waals surface area contributed by atoms with Gasteiger partial charge in [-0.3, -0.25) is 33.6 Å². The largest absolute Gasteiger partial charge is 0.461 e. The lowest BCUT2D eigenvalue weighted by Gasteiger charge is -2.24. The molecule has 1 rings (SSSR count). The maximum atomic E-state index is 13.4. The lowest BCUT2D eigenvalue weighted by Crippen LogP contribution is -2.46. The zero-order valence-electron chi connectivity index (χ0n) is 47.3. The first kappa shape index (κ1) is 68.5. The van der Waals surface area contributed by atoms with Crippen molar-refractivity contribution in [2.24, 2.45) is 52.9 Å². The third-order valence-corrected chi connectivity index (χ3v) is 12.2. The van der Waals surface area contributed by atoms with Crippen molar-refractivity contribution in [2.45, 2.75) is 211 Å². The van der Waals surface area contributed by atoms with Gasteiger partial charge in [0.15, 0.2) is 11.6 Å². The number of esters is 1. The molecule has 0 heterocycles. The van der Waals surface area contributed by atoms with Gasteiger partial charge in [-0.05, 0) is 93.7 Å². The lowest BCUT2D eigenvalue weighted by molar-refractivity contribution is -0.148. The van der Waals surface area contributed by atoms with Crippen LogP contribution in [-0.2, 0) is 44.9 Å². The number of rotatable bonds is 37. The number of primary amides is 2. The molecule has 0 saturated carbocycles. The molecule has 0 bridgehead atoms. The van der Waals surface area contributed by atoms with E-state index >= 15 is 0 Å². The summed E-state index contributed by atoms with van der Waals surface area (Å²) < 4.78 is 5.24. The van der Waals surface area contributed by atoms with Crippen LogP contribution in [0.3, 0.4) is 0 Å². The van der Waals surface area contributed by atoms with Gasteiger partial charge in [0.05, 0.1) is 18.0 Å². The molecule has 0 aliphatic heterocycles. The molecule has 0 aromatic heterocycles. The van der Waals surface area contributed by atoms with Crippen LogP contribution >= 0.6 is 0 Å². The van der Waals surface area contributed by atoms with E-state index in [-0.39, 0.29) is 91.0 Å². The van der Waals surface area contributed by atoms with Crippen LogP contribution in [-0.4, -0.2) is 84.4 Å². The van der Waals surface area contributed by atoms with Gasteiger partial charge in [-0.15, -0.1) is 0 Å². The van der Waals surface area contributed by atoms with Gasteiger partial charge in [0.2, 0.25) is 23.6 Å². The molecule has 0 spiro atoms. The van der Waals surface area contributed by atoms with Gasteiger partial charge in [-0.1, -0.05) is 120 Å². The minimum atomic E-state index is -0.694. The summed E-state index contributed by atoms with van der Waals surface area (Å²) in [6.45, 7) is 24.3. The van der Waals surface area contributed by atoms with Crippen molar-refractivity contribution in [1.82, 2.24) is 26.6 Å². The number of hydrogen-bond acceptors (Lipinski definition) is 10. The second-order valence-corrected chi connectivity index (χ2v) is 21.8. The van der Waals surface area contributed by atoms with Gasteiger partial charge in [0.25, 0.3) is 0 Å². The van der Waals surface area contributed by atoms with Crippen molar-refractivity contribution in [1.29, 1.82) is 0 Å². The van der Waals surface area contributed by atoms with Crippen molar-refractivity contribution in [3.8, 4) is 0 Å². The van der Waals surface area contributed by atoms with Crippen LogP contribution in [0, 0.1) is 41.4 Å². The maximum absolute atomic E-state index is 13.4. The number of benzene rings is 1. The van der Waals surface area contributed by atoms with Crippen molar-refractivity contribution in [2.75, 3.05) is 18.4 Å². The van der Waals surface area contributed by atoms with Crippen LogP contribution in [0.1, 0.15) is 191 Å². The summed E-state index contributed by atoms with van der Waals surface area (Å²) in [7, 11) is 0. The van der Waals surface area contributed by atoms with Gasteiger partial charge in [0.1, 0.15) is 6.61 Å². The van der Waals surface area contributed by atoms with E-state index in [2.05, 4.69) is 59.6 Å². The fourth-order valence-corrected chi connectivity index (χ4v) is 7.92. The quantitative estimate of drug-likeness (QED) is 0.0233. The number of hydrogen-bond donors (Lipinski definition) is 8. The molecule has 0 aliphatic carbocycles. The topological polar surface area (TPSA) is 287 Å². The van der Waals surface area contributed by atoms with Crippen LogP contribution in [0.5, 0.6) is 0 Å². The molecule has 0 unspecified atom stereocenters. The van der Waals surface area contributed by atoms with E-state index in [0.29, 0.717) is 62.6 Å². The zero-order chi connectivity index (χ0) is 56.3. The molecule has 0 saturated heterocycles. The van der Waals surface area contributed by atoms with Crippen molar-refractivity contribution < 1.29 is 47.9 Å². The van der Waals surface area contributed by atoms with E-state index in [9.17, 15) is 43.2 Å². The minimum absolute atomic E-state index is 0.0415. The van der Waals surface area contributed by atoms with Crippen molar-refractivity contribution in [3.63, 3.8) is 0 Å². The molecule has 422 valence electrons. The third kappa shape index (κ3) is 34.0. The smallest absolute Gasteiger partial charge is 0.312 e. The number of urea groups is 2. The summed E-state index contributed by atoms with van der Waals surface area (Å²) >= 11 is 0. The Labute approximate surface area is 443 Å². The van der Waals surface area contributed by atoms with E-state index in [1.54, 1.807) is 38.1 Å². The number of Topliss-reactive ketones (excluding diaryl/α,β-unsaturated/α-hetero) is 2. The highest BCUT2D eigenvalue weighted by molar-refractivity contribution is 5.97. The molecular formula is C56H98N8O10. The number of ketones is 2. The summed E-state index contributed by atoms with van der Waals surface area (Å²) in [6.07, 6.45) is 10.6. The molecular weight excluding hydrogens is 945 g/mol. The fourth-order valence-electron chi connectivity index (χ4n) is 7.92. The molecule has 74 heavy (non-hydrogen) atoms. The second-order valence-electron chi connectivity index (χ2n) is 21.8. The van der Waals surface area contributed by atoms with Gasteiger partial charge in [-0.2, -0.15) is 0 Å². The number of nitrogens with two attached hydrogens (primary N) is 2. The number of amides is 8. The summed E-state index contributed by atoms with van der Waals surface area (Å²) in [5, 5.41) is 16.5. The highest BCUT2D eigenvalue weighted by atomic mass is 16.5. The molecule has 0 aliphatic rings. The van der Waals surface area contributed by atoms with E-state index in [4.69, 9.17) is 16.2 Å². The highest BCUT2D eigenvalue weighted by Crippen LogP contribution is 2.21. The highest BCUT2D eigenvalue weighted by Gasteiger charge is 2.31. The first-order chi connectivity index (χ1) is 34.7. The number of anilines is 1. The van der Waals surface area contributed by atoms with Gasteiger partial charge in [-0.25, -0.2) is 9.59 Å². The minimum Gasteiger partial charge on any atom is -0.461 e. The average molecular weight is 1040 g/mol. The Morgan fingerprint density at radius 2 is 0.919 bits per heavy atom. The fraction of sp³-hybridized carbons (Fsp3) is 0.732. The van der Waals surface area contributed by atoms with Crippen LogP contribution in [0.2, 0.25) is 0 Å². The van der Waals surface area contributed by atoms with Crippen LogP contribution in [0.15, 0.2) is 24.3 Å². The Kier molecular flexibility index (Phi) is 36.0. The van der Waals surface area contributed by atoms with E-state index in [1.807, 2.05) is 41.5 Å². The van der Waals surface area contributed by atoms with E-state index < -0.39 is 36.0 Å². The van der Waals surface area contributed by atoms with Crippen LogP contribution < -0.4 is 43.4 Å². The van der Waals surface area contributed by atoms with E-state index in [0.717, 1.165) is 56.9 Å². The summed E-state index contributed by atoms with van der Waals surface area (Å²) in [6, 6.07) is 4.32. The number of carbonyl (C=O) groups excluding carboxylic acids is 9. The molecule has 18 nitrogen and oxygen atoms in total. The van der Waals surface area contributed by atoms with Crippen LogP contribution in [0.25, 0.3) is 0 Å². The Morgan fingerprint density at radius 3 is 1.28 bits per heavy atom. The molecule has 8 amide bonds. The average Bonchev–Trinajstić information content (AvgIpc) is 3.30. The molecule has 18 heteroatoms. The molecule has 0 radical (unpaired) electrons. The van der Waals surface area contributed by atoms with E-state index in [1.165, 1.54) is 0 Å². The first-order valence-corrected chi connectivity index (χ1v) is 27.3. The Bertz CT molecular complexity index is 1850. The SMILES string of the molecule is CC(C)CCCCCC(=O)N[C@H](C(=O)C[C@@H](CCCNC(N)=O)C(=O)NC(C)C)C(C)C.CC(C)CCCCCC(=O)N[C@H](C(=O)C[C@@H](CCCNC(N)=O)C(=O)Nc1ccc(COC(=O)C(C)C)cc1)C(C)C. The first-order valence-electron chi connectivity index (χ1n) is 27.3. The molecule has 0 fully saturated rings. The lowest BCUT2D eigenvalue weighted by atomic mass is 9.89. The third-order valence-electron chi connectivity index (χ3n) is 12.2. The summed E-state index contributed by atoms with van der Waals surface area (Å²) in [5.74, 6) is -1.74. The van der Waals surface area contributed by atoms with Crippen LogP contribution in [0.4, 0.5) is 15.3 Å². The predicted molar refractivity (Wildman–Crippen MR) is 292 cm³/mol. The van der Waals surface area contributed by atoms with Gasteiger partial charge < -0.3 is 48.1 Å². The Morgan fingerprint density at radius 1 is 0.500 bits per heavy atom. The van der Waals surface area contributed by atoms with Crippen molar-refractivity contribution >= 4 is 58.9 Å². The predicted octanol–water partition coefficient (Wildman–Crippen LogP) is 8.38. The van der Waals surface area contributed by atoms with Crippen molar-refractivity contribution in [3.05, 3.63) is 29.8 Å². The summed E-state index contributed by atoms with van der Waals surface area (Å²) in [4.78, 5) is 111. The molecule has 4 atom stereocenters. The summed E-state index contributed by atoms with van der Waals surface area (Å²) in [5.41, 5.74) is 11.5. The maximum Gasteiger partial charge on any atom is 0.312 e. The number of carbonyl (C=O) groups is 9. The monoisotopic (exact) mass is 1040 g/mol. The standard InChI is InChI=1S/C32H52N4O6.C24H46N4O4/c1-21(2)11-8-7-9-13-28(38)36-29(22(3)4)27(37)19-25(12-10-18-34-32(33)41)30(39)35-26-16-14-24(15-17-26)20-42-31(40)23(5)6;1-16(2)11-8-7-9-13-21(30)28-22(17(3)4)20(29)15-19(23(31)27-18(5)6)12-10-14-26-24(25)32/h14-17,21-23,25,29H,7-13,18-20H2,1-6H3,(H,35,39)(H,36,38)(H3,33,34,41);16-19,22H,7-15H2,1-6H3,(H,27,31)(H,28,30)(H3,25,26,32)/t25-,29+;19-,22+/m11/s1. The normalized spacial score (nSPS) is 12.8. The molecule has 1 aromatic carbocycles. The number of unbranched alkanes of at least 4 members (excludes halogenated alkanes) is 4. The Balaban J connectivity index is 0.00000150. The zero-order valence-corrected chi connectivity index (χ0v) is 47.3. The Hall–Kier alpha value is -5.55. The number of nitrogens with one attached hydrogen (secondary N) is 6. The number of ether oxygens (including phenoxy) is 1. The second kappa shape index (κ2) is 38.9. The van der Waals surface area contributed by atoms with Gasteiger partial charge >= 0.3 is 18.0 Å². The molecule has 10 N–H and O–H groups in total.